The lowest BCUT2D eigenvalue weighted by molar-refractivity contribution is -0.0511. The second-order valence-electron chi connectivity index (χ2n) is 5.29. The van der Waals surface area contributed by atoms with Gasteiger partial charge in [-0.1, -0.05) is 0 Å². The van der Waals surface area contributed by atoms with Crippen LogP contribution in [0.2, 0.25) is 0 Å². The zero-order chi connectivity index (χ0) is 17.3. The average molecular weight is 341 g/mol. The largest absolute Gasteiger partial charge is 0.461 e. The Morgan fingerprint density at radius 2 is 2.08 bits per heavy atom. The lowest BCUT2D eigenvalue weighted by Crippen LogP contribution is -2.33. The van der Waals surface area contributed by atoms with Crippen LogP contribution in [0.15, 0.2) is 6.33 Å². The van der Waals surface area contributed by atoms with Crippen LogP contribution in [-0.4, -0.2) is 80.1 Å². The smallest absolute Gasteiger partial charge is 0.320 e. The van der Waals surface area contributed by atoms with E-state index in [1.54, 1.807) is 7.11 Å². The van der Waals surface area contributed by atoms with E-state index in [9.17, 15) is 15.3 Å². The number of fused-ring (bicyclic) bond motifs is 1. The van der Waals surface area contributed by atoms with E-state index in [1.165, 1.54) is 10.9 Å². The molecule has 1 aliphatic rings. The Bertz CT molecular complexity index is 709. The Morgan fingerprint density at radius 1 is 1.29 bits per heavy atom. The van der Waals surface area contributed by atoms with Crippen LogP contribution in [-0.2, 0) is 9.47 Å². The summed E-state index contributed by atoms with van der Waals surface area (Å²) in [7, 11) is 1.54. The number of aromatic nitrogens is 4. The van der Waals surface area contributed by atoms with Gasteiger partial charge in [0.25, 0.3) is 0 Å². The lowest BCUT2D eigenvalue weighted by atomic mass is 10.1. The molecule has 5 N–H and O–H groups in total. The molecule has 3 rings (SSSR count). The van der Waals surface area contributed by atoms with Gasteiger partial charge in [-0.05, 0) is 0 Å². The second kappa shape index (κ2) is 6.83. The van der Waals surface area contributed by atoms with E-state index >= 15 is 0 Å². The van der Waals surface area contributed by atoms with Gasteiger partial charge < -0.3 is 35.3 Å². The monoisotopic (exact) mass is 341 g/mol. The van der Waals surface area contributed by atoms with Gasteiger partial charge in [0, 0.05) is 7.11 Å². The van der Waals surface area contributed by atoms with E-state index in [4.69, 9.17) is 19.9 Å². The maximum Gasteiger partial charge on any atom is 0.320 e. The van der Waals surface area contributed by atoms with Crippen molar-refractivity contribution in [2.45, 2.75) is 24.5 Å². The van der Waals surface area contributed by atoms with Crippen LogP contribution < -0.4 is 10.5 Å². The SMILES string of the molecule is COCCOc1nc(N)c2ncn([C@@H]3O[C@H](CO)C(O)C3O)c2n1. The molecule has 0 radical (unpaired) electrons. The molecule has 0 aliphatic carbocycles. The first kappa shape index (κ1) is 16.8. The fourth-order valence-corrected chi connectivity index (χ4v) is 2.49. The number of nitrogen functional groups attached to an aromatic ring is 1. The van der Waals surface area contributed by atoms with Crippen molar-refractivity contribution in [3.8, 4) is 6.01 Å². The molecular formula is C13H19N5O6. The molecular weight excluding hydrogens is 322 g/mol. The topological polar surface area (TPSA) is 158 Å². The van der Waals surface area contributed by atoms with Crippen LogP contribution in [0, 0.1) is 0 Å². The van der Waals surface area contributed by atoms with Gasteiger partial charge in [0.2, 0.25) is 0 Å². The Balaban J connectivity index is 1.94. The van der Waals surface area contributed by atoms with Crippen molar-refractivity contribution in [1.29, 1.82) is 0 Å². The van der Waals surface area contributed by atoms with Gasteiger partial charge >= 0.3 is 6.01 Å². The Hall–Kier alpha value is -2.05. The zero-order valence-electron chi connectivity index (χ0n) is 12.9. The second-order valence-corrected chi connectivity index (χ2v) is 5.29. The summed E-state index contributed by atoms with van der Waals surface area (Å²) in [5.41, 5.74) is 6.45. The molecule has 2 aromatic rings. The fraction of sp³-hybridized carbons (Fsp3) is 0.615. The highest BCUT2D eigenvalue weighted by molar-refractivity contribution is 5.82. The number of hydrogen-bond donors (Lipinski definition) is 4. The van der Waals surface area contributed by atoms with E-state index in [0.29, 0.717) is 12.1 Å². The number of methoxy groups -OCH3 is 1. The van der Waals surface area contributed by atoms with Crippen molar-refractivity contribution in [1.82, 2.24) is 19.5 Å². The van der Waals surface area contributed by atoms with Gasteiger partial charge in [0.05, 0.1) is 19.5 Å². The normalized spacial score (nSPS) is 27.0. The van der Waals surface area contributed by atoms with Gasteiger partial charge in [-0.15, -0.1) is 0 Å². The zero-order valence-corrected chi connectivity index (χ0v) is 12.9. The summed E-state index contributed by atoms with van der Waals surface area (Å²) in [5, 5.41) is 29.2. The van der Waals surface area contributed by atoms with Crippen LogP contribution in [0.5, 0.6) is 6.01 Å². The molecule has 24 heavy (non-hydrogen) atoms. The molecule has 11 heteroatoms. The fourth-order valence-electron chi connectivity index (χ4n) is 2.49. The molecule has 2 unspecified atom stereocenters. The van der Waals surface area contributed by atoms with Gasteiger partial charge in [-0.3, -0.25) is 4.57 Å². The number of anilines is 1. The van der Waals surface area contributed by atoms with Crippen LogP contribution in [0.4, 0.5) is 5.82 Å². The highest BCUT2D eigenvalue weighted by Gasteiger charge is 2.44. The molecule has 0 aromatic carbocycles. The maximum atomic E-state index is 10.1. The molecule has 0 spiro atoms. The van der Waals surface area contributed by atoms with Crippen molar-refractivity contribution < 1.29 is 29.5 Å². The van der Waals surface area contributed by atoms with E-state index in [2.05, 4.69) is 15.0 Å². The van der Waals surface area contributed by atoms with Gasteiger partial charge in [0.1, 0.15) is 24.9 Å². The quantitative estimate of drug-likeness (QED) is 0.435. The third kappa shape index (κ3) is 2.87. The average Bonchev–Trinajstić information content (AvgIpc) is 3.10. The van der Waals surface area contributed by atoms with Gasteiger partial charge in [-0.25, -0.2) is 4.98 Å². The molecule has 2 aromatic heterocycles. The first-order chi connectivity index (χ1) is 11.6. The Kier molecular flexibility index (Phi) is 4.78. The first-order valence-electron chi connectivity index (χ1n) is 7.31. The summed E-state index contributed by atoms with van der Waals surface area (Å²) in [6.45, 7) is 0.169. The molecule has 4 atom stereocenters. The minimum absolute atomic E-state index is 0.0329. The third-order valence-corrected chi connectivity index (χ3v) is 3.74. The van der Waals surface area contributed by atoms with Crippen molar-refractivity contribution in [2.24, 2.45) is 0 Å². The Labute approximate surface area is 136 Å². The molecule has 11 nitrogen and oxygen atoms in total. The summed E-state index contributed by atoms with van der Waals surface area (Å²) in [6, 6.07) is 0.0329. The predicted molar refractivity (Wildman–Crippen MR) is 80.1 cm³/mol. The minimum atomic E-state index is -1.26. The number of aliphatic hydroxyl groups excluding tert-OH is 3. The standard InChI is InChI=1S/C13H19N5O6/c1-22-2-3-23-13-16-10(14)7-11(17-13)18(5-15-7)12-9(21)8(20)6(4-19)24-12/h5-6,8-9,12,19-21H,2-4H2,1H3,(H2,14,16,17)/t6-,8?,9?,12-/m1/s1. The summed E-state index contributed by atoms with van der Waals surface area (Å²) < 4.78 is 17.1. The van der Waals surface area contributed by atoms with Crippen LogP contribution in [0.3, 0.4) is 0 Å². The highest BCUT2D eigenvalue weighted by atomic mass is 16.6. The number of imidazole rings is 1. The number of ether oxygens (including phenoxy) is 3. The van der Waals surface area contributed by atoms with E-state index in [0.717, 1.165) is 0 Å². The predicted octanol–water partition coefficient (Wildman–Crippen LogP) is -1.95. The number of nitrogens with zero attached hydrogens (tertiary/aromatic N) is 4. The molecule has 1 aliphatic heterocycles. The van der Waals surface area contributed by atoms with E-state index in [1.807, 2.05) is 0 Å². The molecule has 0 saturated carbocycles. The summed E-state index contributed by atoms with van der Waals surface area (Å²) in [6.07, 6.45) is -2.99. The molecule has 1 fully saturated rings. The first-order valence-corrected chi connectivity index (χ1v) is 7.31. The molecule has 3 heterocycles. The lowest BCUT2D eigenvalue weighted by Gasteiger charge is -2.16. The van der Waals surface area contributed by atoms with Crippen molar-refractivity contribution >= 4 is 17.0 Å². The maximum absolute atomic E-state index is 10.1. The molecule has 0 amide bonds. The number of rotatable bonds is 6. The minimum Gasteiger partial charge on any atom is -0.461 e. The number of aliphatic hydroxyl groups is 3. The van der Waals surface area contributed by atoms with Crippen molar-refractivity contribution in [2.75, 3.05) is 32.7 Å². The van der Waals surface area contributed by atoms with Crippen LogP contribution in [0.1, 0.15) is 6.23 Å². The Morgan fingerprint density at radius 3 is 2.75 bits per heavy atom. The number of hydrogen-bond acceptors (Lipinski definition) is 10. The number of nitrogens with two attached hydrogens (primary N) is 1. The molecule has 0 bridgehead atoms. The van der Waals surface area contributed by atoms with Gasteiger partial charge in [-0.2, -0.15) is 9.97 Å². The van der Waals surface area contributed by atoms with Gasteiger partial charge in [0.15, 0.2) is 23.2 Å². The highest BCUT2D eigenvalue weighted by Crippen LogP contribution is 2.32. The van der Waals surface area contributed by atoms with Crippen LogP contribution in [0.25, 0.3) is 11.2 Å². The van der Waals surface area contributed by atoms with Crippen molar-refractivity contribution in [3.63, 3.8) is 0 Å². The van der Waals surface area contributed by atoms with Crippen LogP contribution >= 0.6 is 0 Å². The van der Waals surface area contributed by atoms with E-state index in [-0.39, 0.29) is 24.1 Å². The molecule has 1 saturated heterocycles. The van der Waals surface area contributed by atoms with E-state index < -0.39 is 31.1 Å². The van der Waals surface area contributed by atoms with Crippen molar-refractivity contribution in [3.05, 3.63) is 6.33 Å². The third-order valence-electron chi connectivity index (χ3n) is 3.74. The summed E-state index contributed by atoms with van der Waals surface area (Å²) >= 11 is 0. The summed E-state index contributed by atoms with van der Waals surface area (Å²) in [4.78, 5) is 12.3. The molecule has 132 valence electrons. The summed E-state index contributed by atoms with van der Waals surface area (Å²) in [5.74, 6) is 0.109.